The highest BCUT2D eigenvalue weighted by Gasteiger charge is 2.20. The summed E-state index contributed by atoms with van der Waals surface area (Å²) in [7, 11) is -1.92. The molecule has 0 aliphatic carbocycles. The number of aliphatic hydroxyl groups is 1. The number of hydrogen-bond acceptors (Lipinski definition) is 3. The molecule has 0 saturated heterocycles. The predicted octanol–water partition coefficient (Wildman–Crippen LogP) is 2.04. The van der Waals surface area contributed by atoms with E-state index in [9.17, 15) is 8.42 Å². The molecule has 2 aromatic carbocycles. The Morgan fingerprint density at radius 1 is 0.952 bits per heavy atom. The van der Waals surface area contributed by atoms with Crippen LogP contribution in [0.25, 0.3) is 0 Å². The van der Waals surface area contributed by atoms with E-state index in [-0.39, 0.29) is 11.5 Å². The van der Waals surface area contributed by atoms with Gasteiger partial charge in [-0.05, 0) is 29.7 Å². The lowest BCUT2D eigenvalue weighted by atomic mass is 10.2. The highest BCUT2D eigenvalue weighted by molar-refractivity contribution is 7.89. The van der Waals surface area contributed by atoms with E-state index in [2.05, 4.69) is 0 Å². The van der Waals surface area contributed by atoms with E-state index in [4.69, 9.17) is 5.11 Å². The topological polar surface area (TPSA) is 57.6 Å². The van der Waals surface area contributed by atoms with E-state index in [1.165, 1.54) is 4.31 Å². The van der Waals surface area contributed by atoms with Gasteiger partial charge in [-0.2, -0.15) is 4.31 Å². The van der Waals surface area contributed by atoms with Crippen molar-refractivity contribution in [3.05, 3.63) is 65.7 Å². The molecule has 4 nitrogen and oxygen atoms in total. The zero-order chi connectivity index (χ0) is 15.3. The summed E-state index contributed by atoms with van der Waals surface area (Å²) in [6.45, 7) is 0.390. The third-order valence-corrected chi connectivity index (χ3v) is 5.10. The Bertz CT molecular complexity index is 666. The summed E-state index contributed by atoms with van der Waals surface area (Å²) in [6, 6.07) is 16.1. The van der Waals surface area contributed by atoms with Crippen molar-refractivity contribution >= 4 is 10.0 Å². The Balaban J connectivity index is 2.16. The molecule has 2 rings (SSSR count). The average Bonchev–Trinajstić information content (AvgIpc) is 2.49. The largest absolute Gasteiger partial charge is 0.396 e. The molecule has 2 aromatic rings. The molecule has 5 heteroatoms. The van der Waals surface area contributed by atoms with E-state index < -0.39 is 10.0 Å². The Labute approximate surface area is 125 Å². The van der Waals surface area contributed by atoms with Crippen LogP contribution < -0.4 is 0 Å². The molecule has 0 aromatic heterocycles. The van der Waals surface area contributed by atoms with Crippen molar-refractivity contribution in [3.8, 4) is 0 Å². The van der Waals surface area contributed by atoms with Gasteiger partial charge in [0.05, 0.1) is 4.90 Å². The molecule has 0 radical (unpaired) electrons. The summed E-state index contributed by atoms with van der Waals surface area (Å²) in [4.78, 5) is 0.266. The lowest BCUT2D eigenvalue weighted by molar-refractivity contribution is 0.299. The smallest absolute Gasteiger partial charge is 0.243 e. The normalized spacial score (nSPS) is 11.8. The van der Waals surface area contributed by atoms with Gasteiger partial charge in [-0.3, -0.25) is 0 Å². The quantitative estimate of drug-likeness (QED) is 0.888. The monoisotopic (exact) mass is 305 g/mol. The summed E-state index contributed by atoms with van der Waals surface area (Å²) in [5.74, 6) is 0. The molecule has 1 N–H and O–H groups in total. The molecule has 0 aliphatic rings. The van der Waals surface area contributed by atoms with Crippen LogP contribution >= 0.6 is 0 Å². The summed E-state index contributed by atoms with van der Waals surface area (Å²) < 4.78 is 26.3. The Morgan fingerprint density at radius 3 is 2.14 bits per heavy atom. The number of nitrogens with zero attached hydrogens (tertiary/aromatic N) is 1. The molecule has 0 spiro atoms. The van der Waals surface area contributed by atoms with E-state index in [0.29, 0.717) is 13.0 Å². The third kappa shape index (κ3) is 3.91. The van der Waals surface area contributed by atoms with Gasteiger partial charge in [-0.25, -0.2) is 8.42 Å². The molecule has 0 aliphatic heterocycles. The third-order valence-electron chi connectivity index (χ3n) is 3.28. The number of rotatable bonds is 6. The minimum Gasteiger partial charge on any atom is -0.396 e. The minimum atomic E-state index is -3.50. The zero-order valence-corrected chi connectivity index (χ0v) is 12.8. The second-order valence-electron chi connectivity index (χ2n) is 4.86. The molecule has 0 bridgehead atoms. The molecule has 0 amide bonds. The fraction of sp³-hybridized carbons (Fsp3) is 0.250. The van der Waals surface area contributed by atoms with Crippen molar-refractivity contribution in [2.45, 2.75) is 17.9 Å². The zero-order valence-electron chi connectivity index (χ0n) is 11.9. The van der Waals surface area contributed by atoms with Crippen molar-refractivity contribution in [1.82, 2.24) is 4.31 Å². The first-order chi connectivity index (χ1) is 10.0. The number of sulfonamides is 1. The van der Waals surface area contributed by atoms with Gasteiger partial charge in [-0.1, -0.05) is 42.5 Å². The molecule has 0 saturated carbocycles. The SMILES string of the molecule is CN(Cc1ccccc1)S(=O)(=O)c1ccc(CCO)cc1. The van der Waals surface area contributed by atoms with Gasteiger partial charge >= 0.3 is 0 Å². The van der Waals surface area contributed by atoms with Crippen molar-refractivity contribution in [2.75, 3.05) is 13.7 Å². The van der Waals surface area contributed by atoms with Gasteiger partial charge in [0.25, 0.3) is 0 Å². The highest BCUT2D eigenvalue weighted by atomic mass is 32.2. The molecule has 0 fully saturated rings. The number of aliphatic hydroxyl groups excluding tert-OH is 1. The molecule has 0 unspecified atom stereocenters. The second-order valence-corrected chi connectivity index (χ2v) is 6.91. The molecule has 112 valence electrons. The van der Waals surface area contributed by atoms with Crippen LogP contribution in [0.15, 0.2) is 59.5 Å². The molecule has 0 atom stereocenters. The standard InChI is InChI=1S/C16H19NO3S/c1-17(13-15-5-3-2-4-6-15)21(19,20)16-9-7-14(8-10-16)11-12-18/h2-10,18H,11-13H2,1H3. The van der Waals surface area contributed by atoms with Crippen LogP contribution in [0.4, 0.5) is 0 Å². The Hall–Kier alpha value is -1.69. The van der Waals surface area contributed by atoms with E-state index >= 15 is 0 Å². The average molecular weight is 305 g/mol. The molecular weight excluding hydrogens is 286 g/mol. The maximum atomic E-state index is 12.5. The van der Waals surface area contributed by atoms with E-state index in [0.717, 1.165) is 11.1 Å². The van der Waals surface area contributed by atoms with Crippen molar-refractivity contribution < 1.29 is 13.5 Å². The van der Waals surface area contributed by atoms with E-state index in [1.54, 1.807) is 31.3 Å². The van der Waals surface area contributed by atoms with Crippen LogP contribution in [0.5, 0.6) is 0 Å². The van der Waals surface area contributed by atoms with Crippen LogP contribution in [0.1, 0.15) is 11.1 Å². The lowest BCUT2D eigenvalue weighted by Crippen LogP contribution is -2.26. The van der Waals surface area contributed by atoms with Gasteiger partial charge in [0.1, 0.15) is 0 Å². The first kappa shape index (κ1) is 15.7. The van der Waals surface area contributed by atoms with Crippen molar-refractivity contribution in [3.63, 3.8) is 0 Å². The van der Waals surface area contributed by atoms with Crippen molar-refractivity contribution in [1.29, 1.82) is 0 Å². The predicted molar refractivity (Wildman–Crippen MR) is 82.3 cm³/mol. The van der Waals surface area contributed by atoms with Crippen LogP contribution in [-0.2, 0) is 23.0 Å². The Morgan fingerprint density at radius 2 is 1.57 bits per heavy atom. The second kappa shape index (κ2) is 6.85. The summed E-state index contributed by atoms with van der Waals surface area (Å²) in [6.07, 6.45) is 0.528. The minimum absolute atomic E-state index is 0.0556. The fourth-order valence-corrected chi connectivity index (χ4v) is 3.22. The van der Waals surface area contributed by atoms with E-state index in [1.807, 2.05) is 30.3 Å². The fourth-order valence-electron chi connectivity index (χ4n) is 2.06. The summed E-state index contributed by atoms with van der Waals surface area (Å²) >= 11 is 0. The van der Waals surface area contributed by atoms with Gasteiger partial charge in [0.2, 0.25) is 10.0 Å². The van der Waals surface area contributed by atoms with Gasteiger partial charge in [0, 0.05) is 20.2 Å². The Kier molecular flexibility index (Phi) is 5.12. The van der Waals surface area contributed by atoms with Crippen molar-refractivity contribution in [2.24, 2.45) is 0 Å². The van der Waals surface area contributed by atoms with Gasteiger partial charge in [-0.15, -0.1) is 0 Å². The van der Waals surface area contributed by atoms with Crippen LogP contribution in [0.3, 0.4) is 0 Å². The highest BCUT2D eigenvalue weighted by Crippen LogP contribution is 2.17. The molecule has 0 heterocycles. The number of benzene rings is 2. The molecular formula is C16H19NO3S. The van der Waals surface area contributed by atoms with Crippen LogP contribution in [0, 0.1) is 0 Å². The lowest BCUT2D eigenvalue weighted by Gasteiger charge is -2.17. The number of hydrogen-bond donors (Lipinski definition) is 1. The summed E-state index contributed by atoms with van der Waals surface area (Å²) in [5, 5.41) is 8.87. The van der Waals surface area contributed by atoms with Crippen LogP contribution in [-0.4, -0.2) is 31.5 Å². The van der Waals surface area contributed by atoms with Crippen LogP contribution in [0.2, 0.25) is 0 Å². The van der Waals surface area contributed by atoms with Gasteiger partial charge in [0.15, 0.2) is 0 Å². The first-order valence-electron chi connectivity index (χ1n) is 6.74. The summed E-state index contributed by atoms with van der Waals surface area (Å²) in [5.41, 5.74) is 1.86. The molecule has 21 heavy (non-hydrogen) atoms. The maximum Gasteiger partial charge on any atom is 0.243 e. The first-order valence-corrected chi connectivity index (χ1v) is 8.18. The van der Waals surface area contributed by atoms with Gasteiger partial charge < -0.3 is 5.11 Å². The maximum absolute atomic E-state index is 12.5.